The smallest absolute Gasteiger partial charge is 0.253 e. The zero-order valence-electron chi connectivity index (χ0n) is 14.5. The number of primary amides is 1. The molecule has 0 saturated carbocycles. The maximum Gasteiger partial charge on any atom is 0.253 e. The molecule has 2 atom stereocenters. The van der Waals surface area contributed by atoms with Crippen LogP contribution in [0.2, 0.25) is 0 Å². The summed E-state index contributed by atoms with van der Waals surface area (Å²) in [7, 11) is 0. The van der Waals surface area contributed by atoms with Gasteiger partial charge in [0.05, 0.1) is 5.56 Å². The molecule has 3 rings (SSSR count). The molecular weight excluding hydrogens is 312 g/mol. The first kappa shape index (κ1) is 17.0. The fraction of sp³-hybridized carbons (Fsp3) is 0.238. The van der Waals surface area contributed by atoms with E-state index in [4.69, 9.17) is 5.73 Å². The SMILES string of the molecule is CC[C@H](C)[C@@H](NC(=O)c1c2ccccc2cc2ccccc12)C(N)=O. The number of nitrogens with two attached hydrogens (primary N) is 1. The summed E-state index contributed by atoms with van der Waals surface area (Å²) in [5.74, 6) is -0.799. The summed E-state index contributed by atoms with van der Waals surface area (Å²) in [5, 5.41) is 6.57. The predicted molar refractivity (Wildman–Crippen MR) is 101 cm³/mol. The first-order chi connectivity index (χ1) is 12.0. The molecule has 0 aliphatic rings. The molecular formula is C21H22N2O2. The Labute approximate surface area is 147 Å². The van der Waals surface area contributed by atoms with E-state index in [1.165, 1.54) is 0 Å². The first-order valence-electron chi connectivity index (χ1n) is 8.53. The molecule has 3 aromatic carbocycles. The Balaban J connectivity index is 2.15. The molecule has 4 nitrogen and oxygen atoms in total. The van der Waals surface area contributed by atoms with Crippen LogP contribution in [0, 0.1) is 5.92 Å². The lowest BCUT2D eigenvalue weighted by molar-refractivity contribution is -0.120. The van der Waals surface area contributed by atoms with Crippen LogP contribution in [0.5, 0.6) is 0 Å². The van der Waals surface area contributed by atoms with Crippen molar-refractivity contribution >= 4 is 33.4 Å². The van der Waals surface area contributed by atoms with Gasteiger partial charge >= 0.3 is 0 Å². The van der Waals surface area contributed by atoms with Crippen LogP contribution in [-0.4, -0.2) is 17.9 Å². The second-order valence-electron chi connectivity index (χ2n) is 6.43. The van der Waals surface area contributed by atoms with Crippen LogP contribution in [0.15, 0.2) is 54.6 Å². The van der Waals surface area contributed by atoms with E-state index in [9.17, 15) is 9.59 Å². The van der Waals surface area contributed by atoms with Gasteiger partial charge in [-0.3, -0.25) is 9.59 Å². The number of rotatable bonds is 5. The van der Waals surface area contributed by atoms with Gasteiger partial charge in [0.15, 0.2) is 0 Å². The van der Waals surface area contributed by atoms with Crippen molar-refractivity contribution in [2.75, 3.05) is 0 Å². The molecule has 0 radical (unpaired) electrons. The average Bonchev–Trinajstić information content (AvgIpc) is 2.62. The highest BCUT2D eigenvalue weighted by Crippen LogP contribution is 2.28. The van der Waals surface area contributed by atoms with Gasteiger partial charge < -0.3 is 11.1 Å². The Morgan fingerprint density at radius 1 is 1.00 bits per heavy atom. The molecule has 128 valence electrons. The maximum absolute atomic E-state index is 13.1. The van der Waals surface area contributed by atoms with Crippen LogP contribution in [0.4, 0.5) is 0 Å². The molecule has 0 fully saturated rings. The van der Waals surface area contributed by atoms with Crippen molar-refractivity contribution in [3.05, 3.63) is 60.2 Å². The van der Waals surface area contributed by atoms with Crippen molar-refractivity contribution in [2.45, 2.75) is 26.3 Å². The van der Waals surface area contributed by atoms with Crippen molar-refractivity contribution < 1.29 is 9.59 Å². The highest BCUT2D eigenvalue weighted by Gasteiger charge is 2.25. The summed E-state index contributed by atoms with van der Waals surface area (Å²) < 4.78 is 0. The van der Waals surface area contributed by atoms with E-state index in [-0.39, 0.29) is 11.8 Å². The minimum Gasteiger partial charge on any atom is -0.368 e. The van der Waals surface area contributed by atoms with E-state index >= 15 is 0 Å². The van der Waals surface area contributed by atoms with Crippen LogP contribution < -0.4 is 11.1 Å². The highest BCUT2D eigenvalue weighted by atomic mass is 16.2. The second-order valence-corrected chi connectivity index (χ2v) is 6.43. The maximum atomic E-state index is 13.1. The third-order valence-electron chi connectivity index (χ3n) is 4.80. The average molecular weight is 334 g/mol. The molecule has 2 amide bonds. The number of carbonyl (C=O) groups is 2. The summed E-state index contributed by atoms with van der Waals surface area (Å²) in [6.07, 6.45) is 0.754. The van der Waals surface area contributed by atoms with Crippen molar-refractivity contribution in [1.29, 1.82) is 0 Å². The predicted octanol–water partition coefficient (Wildman–Crippen LogP) is 3.62. The minimum atomic E-state index is -0.685. The van der Waals surface area contributed by atoms with Crippen LogP contribution in [-0.2, 0) is 4.79 Å². The fourth-order valence-electron chi connectivity index (χ4n) is 3.20. The molecule has 4 heteroatoms. The number of nitrogens with one attached hydrogen (secondary N) is 1. The van der Waals surface area contributed by atoms with Crippen molar-refractivity contribution in [1.82, 2.24) is 5.32 Å². The third kappa shape index (κ3) is 3.20. The Bertz CT molecular complexity index is 895. The summed E-state index contributed by atoms with van der Waals surface area (Å²) in [6.45, 7) is 3.89. The topological polar surface area (TPSA) is 72.2 Å². The summed E-state index contributed by atoms with van der Waals surface area (Å²) in [4.78, 5) is 24.9. The van der Waals surface area contributed by atoms with Crippen LogP contribution in [0.3, 0.4) is 0 Å². The Morgan fingerprint density at radius 3 is 2.00 bits per heavy atom. The standard InChI is InChI=1S/C21H22N2O2/c1-3-13(2)19(20(22)24)23-21(25)18-16-10-6-4-8-14(16)12-15-9-5-7-11-17(15)18/h4-13,19H,3H2,1-2H3,(H2,22,24)(H,23,25)/t13-,19+/m0/s1. The van der Waals surface area contributed by atoms with E-state index in [0.29, 0.717) is 5.56 Å². The molecule has 0 bridgehead atoms. The van der Waals surface area contributed by atoms with Crippen molar-refractivity contribution in [2.24, 2.45) is 11.7 Å². The van der Waals surface area contributed by atoms with E-state index in [1.54, 1.807) is 0 Å². The van der Waals surface area contributed by atoms with Gasteiger partial charge in [-0.25, -0.2) is 0 Å². The van der Waals surface area contributed by atoms with Gasteiger partial charge in [0, 0.05) is 0 Å². The lowest BCUT2D eigenvalue weighted by Crippen LogP contribution is -2.48. The molecule has 0 aliphatic heterocycles. The minimum absolute atomic E-state index is 0.0253. The highest BCUT2D eigenvalue weighted by molar-refractivity contribution is 6.18. The lowest BCUT2D eigenvalue weighted by Gasteiger charge is -2.22. The summed E-state index contributed by atoms with van der Waals surface area (Å²) >= 11 is 0. The van der Waals surface area contributed by atoms with Gasteiger partial charge in [0.2, 0.25) is 5.91 Å². The van der Waals surface area contributed by atoms with Crippen LogP contribution in [0.25, 0.3) is 21.5 Å². The molecule has 0 saturated heterocycles. The summed E-state index contributed by atoms with van der Waals surface area (Å²) in [5.41, 5.74) is 6.10. The number of amides is 2. The van der Waals surface area contributed by atoms with Crippen molar-refractivity contribution in [3.8, 4) is 0 Å². The van der Waals surface area contributed by atoms with Gasteiger partial charge in [-0.05, 0) is 33.5 Å². The van der Waals surface area contributed by atoms with E-state index in [1.807, 2.05) is 62.4 Å². The monoisotopic (exact) mass is 334 g/mol. The Kier molecular flexibility index (Phi) is 4.70. The third-order valence-corrected chi connectivity index (χ3v) is 4.80. The van der Waals surface area contributed by atoms with Crippen LogP contribution in [0.1, 0.15) is 30.6 Å². The molecule has 0 aromatic heterocycles. The molecule has 0 heterocycles. The molecule has 3 N–H and O–H groups in total. The largest absolute Gasteiger partial charge is 0.368 e. The van der Waals surface area contributed by atoms with Gasteiger partial charge in [0.1, 0.15) is 6.04 Å². The number of hydrogen-bond donors (Lipinski definition) is 2. The van der Waals surface area contributed by atoms with Crippen molar-refractivity contribution in [3.63, 3.8) is 0 Å². The fourth-order valence-corrected chi connectivity index (χ4v) is 3.20. The van der Waals surface area contributed by atoms with Crippen LogP contribution >= 0.6 is 0 Å². The second kappa shape index (κ2) is 6.93. The quantitative estimate of drug-likeness (QED) is 0.700. The zero-order chi connectivity index (χ0) is 18.0. The molecule has 0 unspecified atom stereocenters. The van der Waals surface area contributed by atoms with Gasteiger partial charge in [-0.15, -0.1) is 0 Å². The first-order valence-corrected chi connectivity index (χ1v) is 8.53. The lowest BCUT2D eigenvalue weighted by atomic mass is 9.94. The Hall–Kier alpha value is -2.88. The molecule has 25 heavy (non-hydrogen) atoms. The zero-order valence-corrected chi connectivity index (χ0v) is 14.5. The van der Waals surface area contributed by atoms with E-state index < -0.39 is 11.9 Å². The van der Waals surface area contributed by atoms with Gasteiger partial charge in [-0.2, -0.15) is 0 Å². The number of benzene rings is 3. The number of hydrogen-bond acceptors (Lipinski definition) is 2. The molecule has 0 aliphatic carbocycles. The summed E-state index contributed by atoms with van der Waals surface area (Å²) in [6, 6.07) is 16.9. The van der Waals surface area contributed by atoms with Gasteiger partial charge in [-0.1, -0.05) is 68.8 Å². The number of fused-ring (bicyclic) bond motifs is 2. The number of carbonyl (C=O) groups excluding carboxylic acids is 2. The van der Waals surface area contributed by atoms with E-state index in [0.717, 1.165) is 28.0 Å². The molecule has 0 spiro atoms. The molecule has 3 aromatic rings. The Morgan fingerprint density at radius 2 is 1.52 bits per heavy atom. The normalized spacial score (nSPS) is 13.5. The van der Waals surface area contributed by atoms with Gasteiger partial charge in [0.25, 0.3) is 5.91 Å². The van der Waals surface area contributed by atoms with E-state index in [2.05, 4.69) is 11.4 Å².